The molecule has 1 fully saturated rings. The van der Waals surface area contributed by atoms with Gasteiger partial charge in [-0.05, 0) is 31.2 Å². The smallest absolute Gasteiger partial charge is 0.348 e. The molecule has 26 heavy (non-hydrogen) atoms. The number of piperazine rings is 1. The van der Waals surface area contributed by atoms with Gasteiger partial charge >= 0.3 is 5.97 Å². The molecule has 0 radical (unpaired) electrons. The third-order valence-electron chi connectivity index (χ3n) is 4.09. The zero-order chi connectivity index (χ0) is 18.5. The van der Waals surface area contributed by atoms with Crippen molar-refractivity contribution in [2.24, 2.45) is 0 Å². The van der Waals surface area contributed by atoms with Gasteiger partial charge in [0.2, 0.25) is 0 Å². The Morgan fingerprint density at radius 2 is 1.81 bits per heavy atom. The predicted octanol–water partition coefficient (Wildman–Crippen LogP) is 1.85. The fourth-order valence-electron chi connectivity index (χ4n) is 2.65. The van der Waals surface area contributed by atoms with Gasteiger partial charge in [0.25, 0.3) is 5.91 Å². The van der Waals surface area contributed by atoms with Crippen LogP contribution in [0, 0.1) is 0 Å². The number of pyridine rings is 1. The molecule has 0 saturated carbocycles. The van der Waals surface area contributed by atoms with Crippen molar-refractivity contribution in [3.05, 3.63) is 46.3 Å². The number of rotatable bonds is 5. The van der Waals surface area contributed by atoms with Crippen LogP contribution in [0.15, 0.2) is 36.5 Å². The van der Waals surface area contributed by atoms with Gasteiger partial charge in [-0.15, -0.1) is 11.3 Å². The Balaban J connectivity index is 1.47. The van der Waals surface area contributed by atoms with Crippen LogP contribution in [-0.2, 0) is 9.53 Å². The number of nitrogens with zero attached hydrogens (tertiary/aromatic N) is 3. The Morgan fingerprint density at radius 1 is 1.08 bits per heavy atom. The van der Waals surface area contributed by atoms with E-state index in [-0.39, 0.29) is 18.3 Å². The van der Waals surface area contributed by atoms with Crippen LogP contribution in [0.5, 0.6) is 0 Å². The van der Waals surface area contributed by atoms with Crippen LogP contribution in [0.1, 0.15) is 26.3 Å². The minimum absolute atomic E-state index is 0.101. The Bertz CT molecular complexity index is 798. The third kappa shape index (κ3) is 4.26. The zero-order valence-corrected chi connectivity index (χ0v) is 15.2. The molecule has 0 N–H and O–H groups in total. The summed E-state index contributed by atoms with van der Waals surface area (Å²) in [6.45, 7) is 3.62. The van der Waals surface area contributed by atoms with E-state index in [1.54, 1.807) is 23.2 Å². The highest BCUT2D eigenvalue weighted by Gasteiger charge is 2.23. The molecule has 1 amide bonds. The Hall–Kier alpha value is -2.74. The van der Waals surface area contributed by atoms with Crippen molar-refractivity contribution in [1.29, 1.82) is 0 Å². The molecule has 1 aliphatic heterocycles. The van der Waals surface area contributed by atoms with E-state index in [0.29, 0.717) is 35.9 Å². The highest BCUT2D eigenvalue weighted by Crippen LogP contribution is 2.18. The first-order valence-electron chi connectivity index (χ1n) is 8.26. The number of aromatic nitrogens is 1. The quantitative estimate of drug-likeness (QED) is 0.588. The van der Waals surface area contributed by atoms with Gasteiger partial charge in [0, 0.05) is 32.4 Å². The average Bonchev–Trinajstić information content (AvgIpc) is 3.17. The maximum Gasteiger partial charge on any atom is 0.348 e. The Kier molecular flexibility index (Phi) is 5.62. The lowest BCUT2D eigenvalue weighted by Gasteiger charge is -2.35. The molecular formula is C18H19N3O4S. The molecule has 136 valence electrons. The zero-order valence-electron chi connectivity index (χ0n) is 14.4. The molecule has 3 heterocycles. The van der Waals surface area contributed by atoms with Crippen LogP contribution in [0.4, 0.5) is 5.82 Å². The number of amides is 1. The lowest BCUT2D eigenvalue weighted by Crippen LogP contribution is -2.50. The van der Waals surface area contributed by atoms with E-state index in [0.717, 1.165) is 17.2 Å². The van der Waals surface area contributed by atoms with Crippen molar-refractivity contribution in [3.63, 3.8) is 0 Å². The topological polar surface area (TPSA) is 79.8 Å². The molecule has 2 aromatic heterocycles. The number of hydrogen-bond donors (Lipinski definition) is 0. The van der Waals surface area contributed by atoms with E-state index in [1.165, 1.54) is 6.92 Å². The Morgan fingerprint density at radius 3 is 2.42 bits per heavy atom. The van der Waals surface area contributed by atoms with Gasteiger partial charge in [-0.1, -0.05) is 6.07 Å². The maximum atomic E-state index is 12.3. The monoisotopic (exact) mass is 373 g/mol. The van der Waals surface area contributed by atoms with Gasteiger partial charge in [-0.2, -0.15) is 0 Å². The number of esters is 1. The van der Waals surface area contributed by atoms with Crippen molar-refractivity contribution in [1.82, 2.24) is 9.88 Å². The molecule has 0 aliphatic carbocycles. The van der Waals surface area contributed by atoms with Crippen LogP contribution in [0.3, 0.4) is 0 Å². The Labute approximate surface area is 155 Å². The van der Waals surface area contributed by atoms with Crippen LogP contribution in [0.25, 0.3) is 0 Å². The van der Waals surface area contributed by atoms with Crippen LogP contribution in [-0.4, -0.2) is 60.3 Å². The number of carbonyl (C=O) groups excluding carboxylic acids is 3. The van der Waals surface area contributed by atoms with Gasteiger partial charge in [0.1, 0.15) is 10.7 Å². The van der Waals surface area contributed by atoms with Gasteiger partial charge in [0.05, 0.1) is 4.88 Å². The number of hydrogen-bond acceptors (Lipinski definition) is 7. The lowest BCUT2D eigenvalue weighted by atomic mass is 10.3. The van der Waals surface area contributed by atoms with Crippen molar-refractivity contribution in [3.8, 4) is 0 Å². The largest absolute Gasteiger partial charge is 0.451 e. The van der Waals surface area contributed by atoms with E-state index in [4.69, 9.17) is 4.74 Å². The second kappa shape index (κ2) is 8.09. The van der Waals surface area contributed by atoms with Crippen LogP contribution in [0.2, 0.25) is 0 Å². The van der Waals surface area contributed by atoms with E-state index in [1.807, 2.05) is 18.2 Å². The number of thiophene rings is 1. The molecule has 0 bridgehead atoms. The van der Waals surface area contributed by atoms with Gasteiger partial charge in [0.15, 0.2) is 12.4 Å². The molecule has 0 spiro atoms. The molecular weight excluding hydrogens is 354 g/mol. The molecule has 1 saturated heterocycles. The van der Waals surface area contributed by atoms with Gasteiger partial charge in [-0.25, -0.2) is 9.78 Å². The molecule has 0 aromatic carbocycles. The molecule has 2 aromatic rings. The summed E-state index contributed by atoms with van der Waals surface area (Å²) >= 11 is 1.07. The molecule has 0 atom stereocenters. The highest BCUT2D eigenvalue weighted by molar-refractivity contribution is 7.15. The second-order valence-electron chi connectivity index (χ2n) is 5.85. The van der Waals surface area contributed by atoms with Crippen molar-refractivity contribution < 1.29 is 19.1 Å². The summed E-state index contributed by atoms with van der Waals surface area (Å²) in [5, 5.41) is 0. The van der Waals surface area contributed by atoms with E-state index >= 15 is 0 Å². The van der Waals surface area contributed by atoms with Gasteiger partial charge < -0.3 is 14.5 Å². The number of ketones is 1. The van der Waals surface area contributed by atoms with Gasteiger partial charge in [-0.3, -0.25) is 9.59 Å². The number of Topliss-reactive ketones (excluding diaryl/α,β-unsaturated/α-hetero) is 1. The SMILES string of the molecule is CC(=O)c1ccc(C(=O)OCC(=O)N2CCN(c3ccccn3)CC2)s1. The first-order valence-corrected chi connectivity index (χ1v) is 9.08. The minimum Gasteiger partial charge on any atom is -0.451 e. The van der Waals surface area contributed by atoms with E-state index < -0.39 is 5.97 Å². The van der Waals surface area contributed by atoms with Crippen molar-refractivity contribution in [2.45, 2.75) is 6.92 Å². The van der Waals surface area contributed by atoms with E-state index in [9.17, 15) is 14.4 Å². The third-order valence-corrected chi connectivity index (χ3v) is 5.25. The summed E-state index contributed by atoms with van der Waals surface area (Å²) < 4.78 is 5.09. The number of anilines is 1. The van der Waals surface area contributed by atoms with Crippen molar-refractivity contribution >= 4 is 34.8 Å². The number of ether oxygens (including phenoxy) is 1. The first-order chi connectivity index (χ1) is 12.5. The normalized spacial score (nSPS) is 14.2. The maximum absolute atomic E-state index is 12.3. The fourth-order valence-corrected chi connectivity index (χ4v) is 3.45. The molecule has 1 aliphatic rings. The summed E-state index contributed by atoms with van der Waals surface area (Å²) in [4.78, 5) is 44.4. The summed E-state index contributed by atoms with van der Waals surface area (Å²) in [6.07, 6.45) is 1.74. The molecule has 8 heteroatoms. The lowest BCUT2D eigenvalue weighted by molar-refractivity contribution is -0.134. The average molecular weight is 373 g/mol. The van der Waals surface area contributed by atoms with E-state index in [2.05, 4.69) is 9.88 Å². The van der Waals surface area contributed by atoms with Crippen LogP contribution >= 0.6 is 11.3 Å². The molecule has 0 unspecified atom stereocenters. The highest BCUT2D eigenvalue weighted by atomic mass is 32.1. The predicted molar refractivity (Wildman–Crippen MR) is 97.6 cm³/mol. The summed E-state index contributed by atoms with van der Waals surface area (Å²) in [5.41, 5.74) is 0. The second-order valence-corrected chi connectivity index (χ2v) is 6.94. The molecule has 7 nitrogen and oxygen atoms in total. The summed E-state index contributed by atoms with van der Waals surface area (Å²) in [7, 11) is 0. The number of carbonyl (C=O) groups is 3. The van der Waals surface area contributed by atoms with Crippen molar-refractivity contribution in [2.75, 3.05) is 37.7 Å². The van der Waals surface area contributed by atoms with Crippen LogP contribution < -0.4 is 4.90 Å². The minimum atomic E-state index is -0.581. The summed E-state index contributed by atoms with van der Waals surface area (Å²) in [6, 6.07) is 8.86. The fraction of sp³-hybridized carbons (Fsp3) is 0.333. The summed E-state index contributed by atoms with van der Waals surface area (Å²) in [5.74, 6) is -0.00811. The molecule has 3 rings (SSSR count). The standard InChI is InChI=1S/C18H19N3O4S/c1-13(22)14-5-6-15(26-14)18(24)25-12-17(23)21-10-8-20(9-11-21)16-4-2-3-7-19-16/h2-7H,8-12H2,1H3. The first kappa shape index (κ1) is 18.1.